The monoisotopic (exact) mass is 2750 g/mol. The van der Waals surface area contributed by atoms with Gasteiger partial charge in [-0.15, -0.1) is 100 Å². The molecule has 0 fully saturated rings. The van der Waals surface area contributed by atoms with Gasteiger partial charge in [0.15, 0.2) is 11.6 Å². The van der Waals surface area contributed by atoms with E-state index in [9.17, 15) is 90.7 Å². The Bertz CT molecular complexity index is 7200. The molecule has 0 spiro atoms. The third kappa shape index (κ3) is 32.5. The number of hydrogen-bond acceptors (Lipinski definition) is 28. The predicted molar refractivity (Wildman–Crippen MR) is 483 cm³/mol. The largest absolute Gasteiger partial charge is 0.507 e. The maximum Gasteiger partial charge on any atom is 0.421 e. The van der Waals surface area contributed by atoms with Gasteiger partial charge in [0.05, 0.1) is 81.5 Å². The van der Waals surface area contributed by atoms with Crippen molar-refractivity contribution in [2.24, 2.45) is 0 Å². The van der Waals surface area contributed by atoms with E-state index < -0.39 is 71.0 Å². The molecule has 148 heavy (non-hydrogen) atoms. The smallest absolute Gasteiger partial charge is 0.421 e. The Labute approximate surface area is 881 Å². The second-order valence-corrected chi connectivity index (χ2v) is 29.1. The number of pyridine rings is 4. The molecule has 12 heterocycles. The summed E-state index contributed by atoms with van der Waals surface area (Å²) < 4.78 is 223. The average Bonchev–Trinajstić information content (AvgIpc) is 1.64. The first-order chi connectivity index (χ1) is 68.8. The zero-order valence-corrected chi connectivity index (χ0v) is 85.0. The molecule has 4 radical (unpaired) electrons. The van der Waals surface area contributed by atoms with Crippen LogP contribution in [0.1, 0.15) is 45.6 Å². The van der Waals surface area contributed by atoms with Crippen LogP contribution in [0.4, 0.5) is 70.2 Å². The van der Waals surface area contributed by atoms with Crippen LogP contribution < -0.4 is 0 Å². The van der Waals surface area contributed by atoms with E-state index in [1.54, 1.807) is 97.1 Å². The van der Waals surface area contributed by atoms with E-state index in [0.717, 1.165) is 71.4 Å². The van der Waals surface area contributed by atoms with Crippen LogP contribution in [-0.4, -0.2) is 121 Å². The summed E-state index contributed by atoms with van der Waals surface area (Å²) in [6, 6.07) is 80.5. The molecular weight excluding hydrogens is 2680 g/mol. The topological polar surface area (TPSA) is 391 Å². The summed E-state index contributed by atoms with van der Waals surface area (Å²) >= 11 is 0. The van der Waals surface area contributed by atoms with Crippen LogP contribution in [0.25, 0.3) is 137 Å². The maximum absolute atomic E-state index is 12.9. The van der Waals surface area contributed by atoms with Gasteiger partial charge in [0.1, 0.15) is 23.0 Å². The molecule has 0 aliphatic carbocycles. The van der Waals surface area contributed by atoms with Gasteiger partial charge in [0.25, 0.3) is 23.6 Å². The fourth-order valence-electron chi connectivity index (χ4n) is 12.1. The molecule has 0 saturated heterocycles. The molecule has 0 amide bonds. The zero-order chi connectivity index (χ0) is 103. The Morgan fingerprint density at radius 2 is 0.527 bits per heavy atom. The van der Waals surface area contributed by atoms with Crippen molar-refractivity contribution in [2.45, 2.75) is 52.4 Å². The number of nitrogens with zero attached hydrogens (tertiary/aromatic N) is 20. The Hall–Kier alpha value is -16.1. The Balaban J connectivity index is 0.000000187. The van der Waals surface area contributed by atoms with Gasteiger partial charge in [-0.05, 0) is 134 Å². The van der Waals surface area contributed by atoms with Gasteiger partial charge in [-0.3, -0.25) is 44.9 Å². The van der Waals surface area contributed by atoms with Gasteiger partial charge >= 0.3 is 24.7 Å². The average molecular weight is 2750 g/mol. The van der Waals surface area contributed by atoms with Crippen LogP contribution in [0, 0.1) is 75.5 Å². The summed E-state index contributed by atoms with van der Waals surface area (Å²) in [5, 5.41) is 70.6. The molecule has 0 aliphatic rings. The minimum atomic E-state index is -4.62. The van der Waals surface area contributed by atoms with Crippen molar-refractivity contribution >= 4 is 0 Å². The molecule has 20 rings (SSSR count). The van der Waals surface area contributed by atoms with Crippen LogP contribution in [0.3, 0.4) is 0 Å². The molecule has 8 aromatic carbocycles. The summed E-state index contributed by atoms with van der Waals surface area (Å²) in [5.41, 5.74) is 1.87. The van der Waals surface area contributed by atoms with Crippen molar-refractivity contribution in [2.75, 3.05) is 0 Å². The van der Waals surface area contributed by atoms with Crippen LogP contribution in [0.2, 0.25) is 0 Å². The van der Waals surface area contributed by atoms with Crippen molar-refractivity contribution in [3.8, 4) is 160 Å². The third-order valence-corrected chi connectivity index (χ3v) is 18.6. The summed E-state index contributed by atoms with van der Waals surface area (Å²) in [7, 11) is 0. The number of aryl methyl sites for hydroxylation is 4. The quantitative estimate of drug-likeness (QED) is 0.0501. The van der Waals surface area contributed by atoms with E-state index >= 15 is 0 Å². The molecule has 12 aromatic heterocycles. The number of rotatable bonds is 12. The van der Waals surface area contributed by atoms with E-state index in [1.807, 2.05) is 127 Å². The summed E-state index contributed by atoms with van der Waals surface area (Å²) in [6.07, 6.45) is -12.4. The van der Waals surface area contributed by atoms with Crippen LogP contribution >= 0.6 is 0 Å². The molecule has 0 bridgehead atoms. The number of phenolic OH excluding ortho intramolecular Hbond substituents is 4. The molecule has 4 N–H and O–H groups in total. The van der Waals surface area contributed by atoms with E-state index in [0.29, 0.717) is 75.4 Å². The second kappa shape index (κ2) is 53.1. The number of aromatic hydroxyl groups is 4. The first kappa shape index (κ1) is 115. The van der Waals surface area contributed by atoms with Gasteiger partial charge in [-0.2, -0.15) is 61.5 Å². The molecule has 28 nitrogen and oxygen atoms in total. The van der Waals surface area contributed by atoms with Crippen molar-refractivity contribution < 1.29 is 189 Å². The normalized spacial score (nSPS) is 10.7. The summed E-state index contributed by atoms with van der Waals surface area (Å²) in [5.74, 6) is 0.453. The van der Waals surface area contributed by atoms with Crippen LogP contribution in [-0.2, 0) is 105 Å². The van der Waals surface area contributed by atoms with Crippen LogP contribution in [0.15, 0.2) is 310 Å². The fraction of sp³-hybridized carbons (Fsp3) is 0.0800. The third-order valence-electron chi connectivity index (χ3n) is 18.6. The SMILES string of the molecule is Cc1cc(-c2ncc(F)cn2)[c-]c(C(F)(F)F)n1.Cc1cc(-c2nccc(F)n2)[c-]c(C(F)(F)F)n1.Cc1nc(C(F)(F)F)c[c-]c1-c1ncc(F)cn1.Cc1nc(C(F)(F)F)c[c-]c1-c1nccc(F)n1.Oc1ccccc1-c1nnc(-c2ccccc2)o1.Oc1ccccc1-c1nnc(-c2ccccc2)o1.Oc1ccccc1-c1nnc(-c2ccccc2)o1.Oc1ccccc1-c1nnc(-c2ccccc2)o1.[Ir].[Ir].[Ir].[Ir]. The Morgan fingerprint density at radius 3 is 0.804 bits per heavy atom. The van der Waals surface area contributed by atoms with Crippen molar-refractivity contribution in [3.05, 3.63) is 385 Å². The fourth-order valence-corrected chi connectivity index (χ4v) is 12.1. The minimum absolute atomic E-state index is 0. The molecule has 48 heteroatoms. The molecule has 0 aliphatic heterocycles. The van der Waals surface area contributed by atoms with E-state index in [-0.39, 0.29) is 172 Å². The van der Waals surface area contributed by atoms with Crippen LogP contribution in [0.5, 0.6) is 23.0 Å². The second-order valence-electron chi connectivity index (χ2n) is 29.1. The van der Waals surface area contributed by atoms with E-state index in [4.69, 9.17) is 17.7 Å². The van der Waals surface area contributed by atoms with Crippen molar-refractivity contribution in [3.63, 3.8) is 0 Å². The number of halogens is 16. The Morgan fingerprint density at radius 1 is 0.270 bits per heavy atom. The van der Waals surface area contributed by atoms with Gasteiger partial charge < -0.3 is 53.0 Å². The number of hydrogen-bond donors (Lipinski definition) is 4. The van der Waals surface area contributed by atoms with Gasteiger partial charge in [0, 0.05) is 139 Å². The molecule has 20 aromatic rings. The summed E-state index contributed by atoms with van der Waals surface area (Å²) in [4.78, 5) is 42.3. The van der Waals surface area contributed by atoms with E-state index in [2.05, 4.69) is 119 Å². The standard InChI is InChI=1S/4C14H10N2O2.4C11H6F4N3.4Ir/c4*17-12-9-5-4-8-11(12)14-16-15-13(18-14)10-6-2-1-3-7-10;1-6-2-7(3-9(18-6)11(13,14)15)10-16-4-8(12)5-17-10;1-6-8(10-16-4-7(12)5-17-10)2-3-9(18-6)11(13,14)15;1-6-4-7(5-8(17-6)11(13,14)15)10-16-3-2-9(12)18-10;1-6-7(10-16-5-4-9(12)18-10)2-3-8(17-6)11(13,14)15;;;;/h4*1-9,17H;2,4-5H,1H3;3-5H,1H3;2-4H,1H3;3-5H,1H3;;;;/q;;;;4*-1;;;;. The van der Waals surface area contributed by atoms with Gasteiger partial charge in [-0.1, -0.05) is 146 Å². The number of phenols is 4. The molecule has 764 valence electrons. The van der Waals surface area contributed by atoms with Gasteiger partial charge in [-0.25, -0.2) is 8.78 Å². The zero-order valence-electron chi connectivity index (χ0n) is 75.5. The number of para-hydroxylation sites is 4. The van der Waals surface area contributed by atoms with E-state index in [1.165, 1.54) is 46.0 Å². The number of benzene rings is 8. The van der Waals surface area contributed by atoms with Crippen molar-refractivity contribution in [1.29, 1.82) is 0 Å². The van der Waals surface area contributed by atoms with Crippen molar-refractivity contribution in [1.82, 2.24) is 101 Å². The molecule has 0 saturated carbocycles. The first-order valence-corrected chi connectivity index (χ1v) is 41.4. The molecule has 0 unspecified atom stereocenters. The number of alkyl halides is 12. The maximum atomic E-state index is 12.9. The predicted octanol–water partition coefficient (Wildman–Crippen LogP) is 23.6. The first-order valence-electron chi connectivity index (χ1n) is 41.4. The summed E-state index contributed by atoms with van der Waals surface area (Å²) in [6.45, 7) is 5.55. The minimum Gasteiger partial charge on any atom is -0.507 e. The number of aromatic nitrogens is 20. The van der Waals surface area contributed by atoms with Gasteiger partial charge in [0.2, 0.25) is 35.5 Å². The Kier molecular flexibility index (Phi) is 41.5. The molecular formula is C100H64F16Ir4N20O8-4. The molecule has 0 atom stereocenters.